The van der Waals surface area contributed by atoms with Crippen molar-refractivity contribution in [3.63, 3.8) is 0 Å². The number of halogens is 1. The standard InChI is InChI=1S/C26H20ClN7O10S2/c27-24-32-25(29-8-7-18(35)36)34-26(33-24)30-11-5-6-14(16(9-11)45(39,40)41)31-15-10-17(46(42,43)44)21(28)20-19(15)22(37)12-3-1-2-4-13(12)23(20)38/h1-6,9-10,31H,7-8,28H2,(H,35,36)(H,39,40,41)(H,42,43,44)(H2,29,30,32,33,34). The molecule has 3 aromatic carbocycles. The number of carbonyl (C=O) groups excluding carboxylic acids is 2. The Morgan fingerprint density at radius 3 is 2.02 bits per heavy atom. The van der Waals surface area contributed by atoms with Gasteiger partial charge in [0.15, 0.2) is 11.6 Å². The first-order chi connectivity index (χ1) is 21.5. The molecule has 1 aliphatic carbocycles. The monoisotopic (exact) mass is 689 g/mol. The minimum Gasteiger partial charge on any atom is -0.481 e. The minimum absolute atomic E-state index is 0.0185. The lowest BCUT2D eigenvalue weighted by atomic mass is 9.82. The normalized spacial score (nSPS) is 12.7. The highest BCUT2D eigenvalue weighted by atomic mass is 35.5. The van der Waals surface area contributed by atoms with E-state index in [4.69, 9.17) is 22.4 Å². The summed E-state index contributed by atoms with van der Waals surface area (Å²) in [7, 11) is -10.1. The van der Waals surface area contributed by atoms with Crippen molar-refractivity contribution in [3.8, 4) is 0 Å². The lowest BCUT2D eigenvalue weighted by molar-refractivity contribution is -0.136. The van der Waals surface area contributed by atoms with Gasteiger partial charge in [0.25, 0.3) is 20.2 Å². The predicted octanol–water partition coefficient (Wildman–Crippen LogP) is 2.75. The summed E-state index contributed by atoms with van der Waals surface area (Å²) in [5, 5.41) is 16.4. The number of nitrogens with zero attached hydrogens (tertiary/aromatic N) is 3. The highest BCUT2D eigenvalue weighted by molar-refractivity contribution is 7.86. The average molecular weight is 690 g/mol. The van der Waals surface area contributed by atoms with Gasteiger partial charge in [-0.2, -0.15) is 31.8 Å². The Hall–Kier alpha value is -5.21. The van der Waals surface area contributed by atoms with Crippen molar-refractivity contribution in [1.82, 2.24) is 15.0 Å². The molecule has 20 heteroatoms. The topological polar surface area (TPSA) is 281 Å². The molecule has 0 saturated heterocycles. The maximum Gasteiger partial charge on any atom is 0.305 e. The number of aromatic nitrogens is 3. The average Bonchev–Trinajstić information content (AvgIpc) is 2.95. The van der Waals surface area contributed by atoms with Crippen LogP contribution in [0.5, 0.6) is 0 Å². The van der Waals surface area contributed by atoms with Gasteiger partial charge in [-0.05, 0) is 35.9 Å². The van der Waals surface area contributed by atoms with E-state index in [1.54, 1.807) is 0 Å². The van der Waals surface area contributed by atoms with Crippen LogP contribution >= 0.6 is 11.6 Å². The van der Waals surface area contributed by atoms with Gasteiger partial charge in [-0.1, -0.05) is 24.3 Å². The van der Waals surface area contributed by atoms with E-state index in [0.717, 1.165) is 18.2 Å². The zero-order chi connectivity index (χ0) is 33.6. The zero-order valence-corrected chi connectivity index (χ0v) is 25.2. The first-order valence-corrected chi connectivity index (χ1v) is 16.0. The third-order valence-electron chi connectivity index (χ3n) is 6.49. The number of carbonyl (C=O) groups is 3. The molecule has 4 aromatic rings. The number of carboxylic acid groups (broad SMARTS) is 1. The van der Waals surface area contributed by atoms with Gasteiger partial charge in [0.2, 0.25) is 17.2 Å². The van der Waals surface area contributed by atoms with Gasteiger partial charge in [-0.3, -0.25) is 23.5 Å². The van der Waals surface area contributed by atoms with Crippen LogP contribution in [0.2, 0.25) is 5.28 Å². The fourth-order valence-electron chi connectivity index (χ4n) is 4.56. The van der Waals surface area contributed by atoms with Crippen molar-refractivity contribution in [2.24, 2.45) is 0 Å². The Labute approximate surface area is 264 Å². The first-order valence-electron chi connectivity index (χ1n) is 12.7. The fraction of sp³-hybridized carbons (Fsp3) is 0.0769. The number of nitrogens with two attached hydrogens (primary N) is 1. The van der Waals surface area contributed by atoms with Crippen LogP contribution in [0.15, 0.2) is 58.3 Å². The summed E-state index contributed by atoms with van der Waals surface area (Å²) < 4.78 is 69.3. The maximum atomic E-state index is 13.6. The number of carboxylic acids is 1. The molecule has 0 atom stereocenters. The molecule has 0 unspecified atom stereocenters. The molecule has 0 spiro atoms. The number of aliphatic carboxylic acids is 1. The largest absolute Gasteiger partial charge is 0.481 e. The number of nitrogen functional groups attached to an aromatic ring is 1. The van der Waals surface area contributed by atoms with Gasteiger partial charge < -0.3 is 26.8 Å². The van der Waals surface area contributed by atoms with Crippen molar-refractivity contribution < 1.29 is 45.4 Å². The molecule has 0 radical (unpaired) electrons. The Morgan fingerprint density at radius 2 is 1.41 bits per heavy atom. The summed E-state index contributed by atoms with van der Waals surface area (Å²) in [6, 6.07) is 9.77. The Kier molecular flexibility index (Phi) is 8.36. The number of rotatable bonds is 10. The van der Waals surface area contributed by atoms with Crippen LogP contribution in [0.3, 0.4) is 0 Å². The molecule has 1 heterocycles. The molecule has 5 rings (SSSR count). The SMILES string of the molecule is Nc1c(S(=O)(=O)O)cc(Nc2ccc(Nc3nc(Cl)nc(NCCC(=O)O)n3)cc2S(=O)(=O)O)c2c1C(=O)c1ccccc1C2=O. The Balaban J connectivity index is 1.58. The summed E-state index contributed by atoms with van der Waals surface area (Å²) in [5.74, 6) is -2.95. The van der Waals surface area contributed by atoms with E-state index in [0.29, 0.717) is 0 Å². The second-order valence-electron chi connectivity index (χ2n) is 9.52. The molecule has 1 aromatic heterocycles. The predicted molar refractivity (Wildman–Crippen MR) is 162 cm³/mol. The summed E-state index contributed by atoms with van der Waals surface area (Å²) in [6.45, 7) is -0.0454. The van der Waals surface area contributed by atoms with Crippen molar-refractivity contribution in [2.45, 2.75) is 16.2 Å². The molecule has 0 aliphatic heterocycles. The molecule has 0 bridgehead atoms. The summed E-state index contributed by atoms with van der Waals surface area (Å²) >= 11 is 5.92. The van der Waals surface area contributed by atoms with Crippen LogP contribution in [-0.4, -0.2) is 70.1 Å². The highest BCUT2D eigenvalue weighted by Crippen LogP contribution is 2.41. The minimum atomic E-state index is -5.07. The second-order valence-corrected chi connectivity index (χ2v) is 12.6. The number of anilines is 6. The van der Waals surface area contributed by atoms with Crippen LogP contribution in [0.25, 0.3) is 0 Å². The van der Waals surface area contributed by atoms with Crippen molar-refractivity contribution in [1.29, 1.82) is 0 Å². The number of nitrogens with one attached hydrogen (secondary N) is 3. The van der Waals surface area contributed by atoms with E-state index in [1.165, 1.54) is 30.3 Å². The number of fused-ring (bicyclic) bond motifs is 2. The number of hydrogen-bond donors (Lipinski definition) is 7. The van der Waals surface area contributed by atoms with E-state index in [9.17, 15) is 40.3 Å². The fourth-order valence-corrected chi connectivity index (χ4v) is 6.04. The van der Waals surface area contributed by atoms with Crippen LogP contribution in [0.4, 0.5) is 34.6 Å². The molecule has 17 nitrogen and oxygen atoms in total. The van der Waals surface area contributed by atoms with Crippen LogP contribution in [-0.2, 0) is 25.0 Å². The van der Waals surface area contributed by atoms with E-state index in [-0.39, 0.29) is 52.6 Å². The van der Waals surface area contributed by atoms with E-state index < -0.39 is 70.1 Å². The Morgan fingerprint density at radius 1 is 0.804 bits per heavy atom. The molecule has 0 saturated carbocycles. The smallest absolute Gasteiger partial charge is 0.305 e. The van der Waals surface area contributed by atoms with Gasteiger partial charge in [-0.25, -0.2) is 0 Å². The first kappa shape index (κ1) is 32.2. The third kappa shape index (κ3) is 6.43. The van der Waals surface area contributed by atoms with E-state index in [1.807, 2.05) is 0 Å². The number of benzene rings is 3. The number of hydrogen-bond acceptors (Lipinski definition) is 14. The summed E-state index contributed by atoms with van der Waals surface area (Å²) in [4.78, 5) is 47.7. The van der Waals surface area contributed by atoms with Crippen molar-refractivity contribution >= 4 is 84.0 Å². The molecule has 1 aliphatic rings. The lowest BCUT2D eigenvalue weighted by Crippen LogP contribution is -2.25. The molecule has 0 fully saturated rings. The molecular weight excluding hydrogens is 670 g/mol. The quantitative estimate of drug-likeness (QED) is 0.0819. The third-order valence-corrected chi connectivity index (χ3v) is 8.45. The summed E-state index contributed by atoms with van der Waals surface area (Å²) in [5.41, 5.74) is 3.41. The molecular formula is C26H20ClN7O10S2. The van der Waals surface area contributed by atoms with Gasteiger partial charge in [-0.15, -0.1) is 0 Å². The van der Waals surface area contributed by atoms with Gasteiger partial charge in [0.05, 0.1) is 34.6 Å². The van der Waals surface area contributed by atoms with Crippen molar-refractivity contribution in [2.75, 3.05) is 28.2 Å². The van der Waals surface area contributed by atoms with Gasteiger partial charge in [0.1, 0.15) is 9.79 Å². The van der Waals surface area contributed by atoms with Gasteiger partial charge >= 0.3 is 5.97 Å². The van der Waals surface area contributed by atoms with E-state index >= 15 is 0 Å². The summed E-state index contributed by atoms with van der Waals surface area (Å²) in [6.07, 6.45) is -0.256. The highest BCUT2D eigenvalue weighted by Gasteiger charge is 2.36. The van der Waals surface area contributed by atoms with E-state index in [2.05, 4.69) is 30.9 Å². The molecule has 238 valence electrons. The zero-order valence-electron chi connectivity index (χ0n) is 22.8. The molecule has 0 amide bonds. The lowest BCUT2D eigenvalue weighted by Gasteiger charge is -2.24. The van der Waals surface area contributed by atoms with Gasteiger partial charge in [0, 0.05) is 23.4 Å². The molecule has 46 heavy (non-hydrogen) atoms. The van der Waals surface area contributed by atoms with Crippen molar-refractivity contribution in [3.05, 3.63) is 76.1 Å². The Bertz CT molecular complexity index is 2200. The van der Waals surface area contributed by atoms with Crippen LogP contribution in [0, 0.1) is 0 Å². The maximum absolute atomic E-state index is 13.6. The van der Waals surface area contributed by atoms with Crippen LogP contribution in [0.1, 0.15) is 38.3 Å². The van der Waals surface area contributed by atoms with Crippen LogP contribution < -0.4 is 21.7 Å². The number of ketones is 2. The molecule has 8 N–H and O–H groups in total. The second kappa shape index (κ2) is 11.9.